The molecule has 5 rings (SSSR count). The van der Waals surface area contributed by atoms with Gasteiger partial charge in [0.1, 0.15) is 29.1 Å². The van der Waals surface area contributed by atoms with Gasteiger partial charge in [0.25, 0.3) is 0 Å². The fraction of sp³-hybridized carbons (Fsp3) is 0.0417. The molecule has 3 aromatic carbocycles. The highest BCUT2D eigenvalue weighted by Gasteiger charge is 2.21. The number of para-hydroxylation sites is 1. The van der Waals surface area contributed by atoms with Gasteiger partial charge >= 0.3 is 5.69 Å². The number of nitrogens with two attached hydrogens (primary N) is 1. The van der Waals surface area contributed by atoms with Crippen molar-refractivity contribution in [3.05, 3.63) is 95.7 Å². The molecule has 0 fully saturated rings. The smallest absolute Gasteiger partial charge is 0.339 e. The van der Waals surface area contributed by atoms with Crippen molar-refractivity contribution in [3.63, 3.8) is 0 Å². The van der Waals surface area contributed by atoms with Crippen molar-refractivity contribution in [1.82, 2.24) is 19.1 Å². The Balaban J connectivity index is 1.67. The molecule has 0 spiro atoms. The summed E-state index contributed by atoms with van der Waals surface area (Å²) in [5, 5.41) is 0. The van der Waals surface area contributed by atoms with Crippen LogP contribution in [0.5, 0.6) is 17.2 Å². The van der Waals surface area contributed by atoms with Gasteiger partial charge in [0, 0.05) is 0 Å². The van der Waals surface area contributed by atoms with Gasteiger partial charge in [-0.2, -0.15) is 0 Å². The van der Waals surface area contributed by atoms with Crippen molar-refractivity contribution < 1.29 is 9.47 Å². The fourth-order valence-corrected chi connectivity index (χ4v) is 3.55. The molecule has 0 aliphatic rings. The Morgan fingerprint density at radius 3 is 2.44 bits per heavy atom. The SMILES string of the molecule is COc1cc[c]cc1-n1c(=O)n(-c2ccc(Oc3ccccc3)cc2)c2c(N)ncnc21. The van der Waals surface area contributed by atoms with E-state index < -0.39 is 0 Å². The van der Waals surface area contributed by atoms with Gasteiger partial charge in [0.05, 0.1) is 18.5 Å². The van der Waals surface area contributed by atoms with Crippen LogP contribution < -0.4 is 20.9 Å². The summed E-state index contributed by atoms with van der Waals surface area (Å²) in [6, 6.07) is 24.7. The zero-order chi connectivity index (χ0) is 22.1. The first-order valence-corrected chi connectivity index (χ1v) is 9.79. The number of nitrogens with zero attached hydrogens (tertiary/aromatic N) is 4. The molecule has 8 nitrogen and oxygen atoms in total. The van der Waals surface area contributed by atoms with Gasteiger partial charge in [-0.15, -0.1) is 0 Å². The van der Waals surface area contributed by atoms with E-state index in [1.54, 1.807) is 42.5 Å². The van der Waals surface area contributed by atoms with Gasteiger partial charge in [0.15, 0.2) is 11.5 Å². The number of methoxy groups -OCH3 is 1. The number of benzene rings is 3. The maximum Gasteiger partial charge on any atom is 0.339 e. The van der Waals surface area contributed by atoms with Crippen LogP contribution in [0.1, 0.15) is 0 Å². The Kier molecular flexibility index (Phi) is 4.79. The second kappa shape index (κ2) is 7.92. The summed E-state index contributed by atoms with van der Waals surface area (Å²) < 4.78 is 14.2. The molecule has 2 N–H and O–H groups in total. The monoisotopic (exact) mass is 424 g/mol. The Labute approximate surface area is 183 Å². The lowest BCUT2D eigenvalue weighted by Gasteiger charge is -2.08. The summed E-state index contributed by atoms with van der Waals surface area (Å²) in [5.74, 6) is 2.06. The van der Waals surface area contributed by atoms with Crippen LogP contribution in [-0.2, 0) is 0 Å². The molecule has 2 heterocycles. The molecule has 0 saturated carbocycles. The van der Waals surface area contributed by atoms with E-state index in [1.165, 1.54) is 22.6 Å². The van der Waals surface area contributed by atoms with Crippen LogP contribution in [0.15, 0.2) is 83.9 Å². The molecule has 5 aromatic rings. The number of ether oxygens (including phenoxy) is 2. The topological polar surface area (TPSA) is 97.2 Å². The van der Waals surface area contributed by atoms with Crippen molar-refractivity contribution in [3.8, 4) is 28.6 Å². The fourth-order valence-electron chi connectivity index (χ4n) is 3.55. The van der Waals surface area contributed by atoms with E-state index in [9.17, 15) is 4.79 Å². The predicted molar refractivity (Wildman–Crippen MR) is 121 cm³/mol. The Morgan fingerprint density at radius 1 is 0.938 bits per heavy atom. The highest BCUT2D eigenvalue weighted by atomic mass is 16.5. The number of hydrogen-bond donors (Lipinski definition) is 1. The highest BCUT2D eigenvalue weighted by molar-refractivity contribution is 5.85. The van der Waals surface area contributed by atoms with Crippen molar-refractivity contribution in [2.75, 3.05) is 12.8 Å². The molecule has 0 aliphatic carbocycles. The second-order valence-corrected chi connectivity index (χ2v) is 6.89. The number of rotatable bonds is 5. The van der Waals surface area contributed by atoms with Gasteiger partial charge in [-0.05, 0) is 54.6 Å². The first-order chi connectivity index (χ1) is 15.7. The first-order valence-electron chi connectivity index (χ1n) is 9.79. The number of hydrogen-bond acceptors (Lipinski definition) is 6. The minimum absolute atomic E-state index is 0.189. The highest BCUT2D eigenvalue weighted by Crippen LogP contribution is 2.28. The molecule has 0 bridgehead atoms. The molecule has 0 saturated heterocycles. The van der Waals surface area contributed by atoms with Crippen molar-refractivity contribution in [2.45, 2.75) is 0 Å². The summed E-state index contributed by atoms with van der Waals surface area (Å²) in [6.07, 6.45) is 1.33. The quantitative estimate of drug-likeness (QED) is 0.461. The summed E-state index contributed by atoms with van der Waals surface area (Å²) in [4.78, 5) is 22.0. The van der Waals surface area contributed by atoms with Crippen LogP contribution in [-0.4, -0.2) is 26.2 Å². The van der Waals surface area contributed by atoms with Gasteiger partial charge in [-0.25, -0.2) is 19.3 Å². The number of imidazole rings is 1. The number of fused-ring (bicyclic) bond motifs is 1. The maximum absolute atomic E-state index is 13.6. The summed E-state index contributed by atoms with van der Waals surface area (Å²) >= 11 is 0. The molecule has 0 unspecified atom stereocenters. The van der Waals surface area contributed by atoms with Gasteiger partial charge in [0.2, 0.25) is 0 Å². The van der Waals surface area contributed by atoms with Crippen molar-refractivity contribution in [1.29, 1.82) is 0 Å². The van der Waals surface area contributed by atoms with Crippen LogP contribution in [0.4, 0.5) is 5.82 Å². The third-order valence-electron chi connectivity index (χ3n) is 4.99. The van der Waals surface area contributed by atoms with E-state index in [0.29, 0.717) is 34.0 Å². The van der Waals surface area contributed by atoms with Crippen LogP contribution in [0.2, 0.25) is 0 Å². The molecule has 0 aliphatic heterocycles. The Morgan fingerprint density at radius 2 is 1.69 bits per heavy atom. The van der Waals surface area contributed by atoms with Crippen molar-refractivity contribution >= 4 is 17.0 Å². The maximum atomic E-state index is 13.6. The molecule has 1 radical (unpaired) electrons. The van der Waals surface area contributed by atoms with Crippen LogP contribution >= 0.6 is 0 Å². The van der Waals surface area contributed by atoms with Gasteiger partial charge < -0.3 is 15.2 Å². The van der Waals surface area contributed by atoms with E-state index in [4.69, 9.17) is 15.2 Å². The third-order valence-corrected chi connectivity index (χ3v) is 4.99. The average Bonchev–Trinajstić information content (AvgIpc) is 3.13. The molecular weight excluding hydrogens is 406 g/mol. The van der Waals surface area contributed by atoms with Crippen molar-refractivity contribution in [2.24, 2.45) is 0 Å². The lowest BCUT2D eigenvalue weighted by atomic mass is 10.3. The van der Waals surface area contributed by atoms with Gasteiger partial charge in [-0.3, -0.25) is 4.57 Å². The zero-order valence-corrected chi connectivity index (χ0v) is 17.1. The minimum atomic E-state index is -0.359. The van der Waals surface area contributed by atoms with E-state index in [0.717, 1.165) is 5.75 Å². The van der Waals surface area contributed by atoms with E-state index in [1.807, 2.05) is 30.3 Å². The molecule has 2 aromatic heterocycles. The average molecular weight is 424 g/mol. The largest absolute Gasteiger partial charge is 0.495 e. The predicted octanol–water partition coefficient (Wildman–Crippen LogP) is 3.75. The van der Waals surface area contributed by atoms with Crippen LogP contribution in [0.3, 0.4) is 0 Å². The molecule has 0 amide bonds. The molecule has 0 atom stereocenters. The van der Waals surface area contributed by atoms with Gasteiger partial charge in [-0.1, -0.05) is 24.3 Å². The lowest BCUT2D eigenvalue weighted by Crippen LogP contribution is -2.22. The molecular formula is C24H18N5O3. The number of aromatic nitrogens is 4. The summed E-state index contributed by atoms with van der Waals surface area (Å²) in [7, 11) is 1.54. The Hall–Kier alpha value is -4.59. The second-order valence-electron chi connectivity index (χ2n) is 6.89. The number of nitrogen functional groups attached to an aromatic ring is 1. The van der Waals surface area contributed by atoms with E-state index >= 15 is 0 Å². The van der Waals surface area contributed by atoms with E-state index in [-0.39, 0.29) is 11.5 Å². The lowest BCUT2D eigenvalue weighted by molar-refractivity contribution is 0.412. The third kappa shape index (κ3) is 3.24. The normalized spacial score (nSPS) is 10.9. The molecule has 32 heavy (non-hydrogen) atoms. The molecule has 157 valence electrons. The first kappa shape index (κ1) is 19.4. The molecule has 8 heteroatoms. The van der Waals surface area contributed by atoms with Crippen LogP contribution in [0.25, 0.3) is 22.5 Å². The van der Waals surface area contributed by atoms with Crippen LogP contribution in [0, 0.1) is 6.07 Å². The summed E-state index contributed by atoms with van der Waals surface area (Å²) in [5.41, 5.74) is 7.68. The minimum Gasteiger partial charge on any atom is -0.495 e. The Bertz CT molecular complexity index is 1460. The number of anilines is 1. The van der Waals surface area contributed by atoms with E-state index in [2.05, 4.69) is 16.0 Å². The zero-order valence-electron chi connectivity index (χ0n) is 17.1. The summed E-state index contributed by atoms with van der Waals surface area (Å²) in [6.45, 7) is 0. The standard InChI is InChI=1S/C24H18N5O3/c1-31-20-10-6-5-9-19(20)29-23-21(22(25)26-15-27-23)28(24(29)30)16-11-13-18(14-12-16)32-17-7-3-2-4-8-17/h2-4,6-15H,1H3,(H2,25,26,27).